The van der Waals surface area contributed by atoms with Crippen molar-refractivity contribution in [3.8, 4) is 0 Å². The highest BCUT2D eigenvalue weighted by Crippen LogP contribution is 2.27. The molecule has 0 aromatic heterocycles. The van der Waals surface area contributed by atoms with Crippen LogP contribution in [0.5, 0.6) is 0 Å². The van der Waals surface area contributed by atoms with E-state index in [1.54, 1.807) is 0 Å². The molecule has 1 rings (SSSR count). The number of nitrogens with one attached hydrogen (secondary N) is 1. The molecule has 0 spiro atoms. The quantitative estimate of drug-likeness (QED) is 0.660. The summed E-state index contributed by atoms with van der Waals surface area (Å²) >= 11 is 0. The molecule has 0 radical (unpaired) electrons. The summed E-state index contributed by atoms with van der Waals surface area (Å²) < 4.78 is 5.63. The molecule has 3 atom stereocenters. The molecule has 0 bridgehead atoms. The third kappa shape index (κ3) is 6.76. The zero-order chi connectivity index (χ0) is 14.1. The predicted molar refractivity (Wildman–Crippen MR) is 83.5 cm³/mol. The Kier molecular flexibility index (Phi) is 8.72. The molecule has 0 aromatic carbocycles. The first-order chi connectivity index (χ1) is 9.17. The van der Waals surface area contributed by atoms with Gasteiger partial charge >= 0.3 is 0 Å². The van der Waals surface area contributed by atoms with E-state index in [-0.39, 0.29) is 0 Å². The fourth-order valence-electron chi connectivity index (χ4n) is 3.22. The van der Waals surface area contributed by atoms with Gasteiger partial charge in [-0.1, -0.05) is 46.5 Å². The summed E-state index contributed by atoms with van der Waals surface area (Å²) in [5.41, 5.74) is 0. The van der Waals surface area contributed by atoms with Gasteiger partial charge in [0.15, 0.2) is 0 Å². The lowest BCUT2D eigenvalue weighted by Gasteiger charge is -2.27. The highest BCUT2D eigenvalue weighted by molar-refractivity contribution is 4.80. The lowest BCUT2D eigenvalue weighted by atomic mass is 9.95. The minimum Gasteiger partial charge on any atom is -0.380 e. The first-order valence-electron chi connectivity index (χ1n) is 8.51. The van der Waals surface area contributed by atoms with Crippen LogP contribution in [0.3, 0.4) is 0 Å². The molecule has 1 fully saturated rings. The van der Waals surface area contributed by atoms with Gasteiger partial charge in [0, 0.05) is 18.7 Å². The predicted octanol–water partition coefficient (Wildman–Crippen LogP) is 4.39. The van der Waals surface area contributed by atoms with Crippen LogP contribution >= 0.6 is 0 Å². The molecule has 1 aliphatic carbocycles. The monoisotopic (exact) mass is 269 g/mol. The smallest absolute Gasteiger partial charge is 0.0622 e. The molecule has 19 heavy (non-hydrogen) atoms. The second-order valence-electron chi connectivity index (χ2n) is 6.54. The maximum absolute atomic E-state index is 5.63. The molecular formula is C17H35NO. The molecule has 1 N–H and O–H groups in total. The summed E-state index contributed by atoms with van der Waals surface area (Å²) in [4.78, 5) is 0. The van der Waals surface area contributed by atoms with Crippen LogP contribution in [0.15, 0.2) is 0 Å². The minimum atomic E-state index is 0.521. The van der Waals surface area contributed by atoms with Gasteiger partial charge in [-0.05, 0) is 38.0 Å². The Morgan fingerprint density at radius 1 is 1.11 bits per heavy atom. The summed E-state index contributed by atoms with van der Waals surface area (Å²) in [6.07, 6.45) is 9.77. The third-order valence-corrected chi connectivity index (χ3v) is 4.54. The summed E-state index contributed by atoms with van der Waals surface area (Å²) in [5, 5.41) is 3.87. The van der Waals surface area contributed by atoms with Gasteiger partial charge in [-0.2, -0.15) is 0 Å². The Balaban J connectivity index is 2.37. The standard InChI is InChI=1S/C17H35NO/c1-5-8-15-9-7-10-16(12-11-15)18-17(14(3)4)13-19-6-2/h14-18H,5-13H2,1-4H3. The molecule has 1 aliphatic rings. The largest absolute Gasteiger partial charge is 0.380 e. The van der Waals surface area contributed by atoms with Gasteiger partial charge in [-0.15, -0.1) is 0 Å². The molecule has 1 saturated carbocycles. The number of ether oxygens (including phenoxy) is 1. The van der Waals surface area contributed by atoms with Crippen LogP contribution in [0.2, 0.25) is 0 Å². The van der Waals surface area contributed by atoms with E-state index in [4.69, 9.17) is 4.74 Å². The molecule has 0 amide bonds. The number of rotatable bonds is 8. The molecule has 0 aliphatic heterocycles. The number of hydrogen-bond acceptors (Lipinski definition) is 2. The van der Waals surface area contributed by atoms with E-state index >= 15 is 0 Å². The zero-order valence-corrected chi connectivity index (χ0v) is 13.6. The van der Waals surface area contributed by atoms with Crippen LogP contribution in [-0.4, -0.2) is 25.3 Å². The van der Waals surface area contributed by atoms with Crippen LogP contribution < -0.4 is 5.32 Å². The summed E-state index contributed by atoms with van der Waals surface area (Å²) in [6.45, 7) is 10.7. The SMILES string of the molecule is CCCC1CCCC(NC(COCC)C(C)C)CC1. The van der Waals surface area contributed by atoms with Crippen molar-refractivity contribution in [3.63, 3.8) is 0 Å². The first kappa shape index (κ1) is 17.0. The second kappa shape index (κ2) is 9.77. The fraction of sp³-hybridized carbons (Fsp3) is 1.00. The van der Waals surface area contributed by atoms with Gasteiger partial charge < -0.3 is 10.1 Å². The van der Waals surface area contributed by atoms with Gasteiger partial charge in [-0.3, -0.25) is 0 Å². The van der Waals surface area contributed by atoms with Crippen LogP contribution in [0, 0.1) is 11.8 Å². The highest BCUT2D eigenvalue weighted by Gasteiger charge is 2.22. The molecule has 114 valence electrons. The summed E-state index contributed by atoms with van der Waals surface area (Å²) in [7, 11) is 0. The lowest BCUT2D eigenvalue weighted by Crippen LogP contribution is -2.44. The maximum atomic E-state index is 5.63. The number of hydrogen-bond donors (Lipinski definition) is 1. The molecule has 3 unspecified atom stereocenters. The van der Waals surface area contributed by atoms with Crippen molar-refractivity contribution in [2.75, 3.05) is 13.2 Å². The third-order valence-electron chi connectivity index (χ3n) is 4.54. The van der Waals surface area contributed by atoms with E-state index in [0.29, 0.717) is 12.0 Å². The van der Waals surface area contributed by atoms with Crippen molar-refractivity contribution in [2.45, 2.75) is 84.7 Å². The average Bonchev–Trinajstić information content (AvgIpc) is 2.60. The Bertz CT molecular complexity index is 217. The topological polar surface area (TPSA) is 21.3 Å². The fourth-order valence-corrected chi connectivity index (χ4v) is 3.22. The van der Waals surface area contributed by atoms with E-state index in [0.717, 1.165) is 25.2 Å². The van der Waals surface area contributed by atoms with Gasteiger partial charge in [0.1, 0.15) is 0 Å². The van der Waals surface area contributed by atoms with Crippen molar-refractivity contribution >= 4 is 0 Å². The molecular weight excluding hydrogens is 234 g/mol. The Labute approximate surface area is 120 Å². The summed E-state index contributed by atoms with van der Waals surface area (Å²) in [6, 6.07) is 1.24. The van der Waals surface area contributed by atoms with Crippen LogP contribution in [0.4, 0.5) is 0 Å². The normalized spacial score (nSPS) is 26.4. The molecule has 0 saturated heterocycles. The summed E-state index contributed by atoms with van der Waals surface area (Å²) in [5.74, 6) is 1.64. The highest BCUT2D eigenvalue weighted by atomic mass is 16.5. The Morgan fingerprint density at radius 2 is 1.89 bits per heavy atom. The van der Waals surface area contributed by atoms with Crippen LogP contribution in [-0.2, 0) is 4.74 Å². The van der Waals surface area contributed by atoms with Gasteiger partial charge in [0.2, 0.25) is 0 Å². The van der Waals surface area contributed by atoms with Crippen molar-refractivity contribution in [3.05, 3.63) is 0 Å². The molecule has 2 heteroatoms. The zero-order valence-electron chi connectivity index (χ0n) is 13.6. The maximum Gasteiger partial charge on any atom is 0.0622 e. The molecule has 0 aromatic rings. The van der Waals surface area contributed by atoms with Crippen LogP contribution in [0.1, 0.15) is 72.6 Å². The van der Waals surface area contributed by atoms with Crippen molar-refractivity contribution in [2.24, 2.45) is 11.8 Å². The van der Waals surface area contributed by atoms with E-state index in [1.165, 1.54) is 44.9 Å². The lowest BCUT2D eigenvalue weighted by molar-refractivity contribution is 0.102. The average molecular weight is 269 g/mol. The van der Waals surface area contributed by atoms with Crippen molar-refractivity contribution in [1.29, 1.82) is 0 Å². The van der Waals surface area contributed by atoms with E-state index in [9.17, 15) is 0 Å². The van der Waals surface area contributed by atoms with Crippen molar-refractivity contribution in [1.82, 2.24) is 5.32 Å². The van der Waals surface area contributed by atoms with E-state index < -0.39 is 0 Å². The van der Waals surface area contributed by atoms with Crippen LogP contribution in [0.25, 0.3) is 0 Å². The van der Waals surface area contributed by atoms with Gasteiger partial charge in [-0.25, -0.2) is 0 Å². The molecule has 2 nitrogen and oxygen atoms in total. The van der Waals surface area contributed by atoms with Gasteiger partial charge in [0.05, 0.1) is 6.61 Å². The second-order valence-corrected chi connectivity index (χ2v) is 6.54. The molecule has 0 heterocycles. The first-order valence-corrected chi connectivity index (χ1v) is 8.51. The Hall–Kier alpha value is -0.0800. The van der Waals surface area contributed by atoms with Gasteiger partial charge in [0.25, 0.3) is 0 Å². The Morgan fingerprint density at radius 3 is 2.53 bits per heavy atom. The van der Waals surface area contributed by atoms with E-state index in [2.05, 4.69) is 33.0 Å². The van der Waals surface area contributed by atoms with E-state index in [1.807, 2.05) is 0 Å². The van der Waals surface area contributed by atoms with Crippen molar-refractivity contribution < 1.29 is 4.74 Å². The minimum absolute atomic E-state index is 0.521.